The zero-order valence-corrected chi connectivity index (χ0v) is 8.53. The van der Waals surface area contributed by atoms with Gasteiger partial charge in [-0.3, -0.25) is 4.57 Å². The third-order valence-electron chi connectivity index (χ3n) is 1.22. The Balaban J connectivity index is 2.63. The summed E-state index contributed by atoms with van der Waals surface area (Å²) >= 11 is 0. The molecule has 0 saturated carbocycles. The highest BCUT2D eigenvalue weighted by Crippen LogP contribution is 1.95. The maximum absolute atomic E-state index is 11.4. The van der Waals surface area contributed by atoms with E-state index in [0.717, 1.165) is 0 Å². The molecule has 0 unspecified atom stereocenters. The van der Waals surface area contributed by atoms with Crippen molar-refractivity contribution < 1.29 is 4.79 Å². The number of hydrogen-bond acceptors (Lipinski definition) is 2. The number of amides is 1. The first-order valence-electron chi connectivity index (χ1n) is 3.79. The molecule has 12 heavy (non-hydrogen) atoms. The summed E-state index contributed by atoms with van der Waals surface area (Å²) in [6.07, 6.45) is 4.72. The van der Waals surface area contributed by atoms with Crippen LogP contribution in [0.3, 0.4) is 0 Å². The summed E-state index contributed by atoms with van der Waals surface area (Å²) in [5, 5.41) is 0. The van der Waals surface area contributed by atoms with E-state index in [4.69, 9.17) is 0 Å². The number of nitrogens with one attached hydrogen (secondary N) is 1. The lowest BCUT2D eigenvalue weighted by molar-refractivity contribution is 0.247. The summed E-state index contributed by atoms with van der Waals surface area (Å²) in [7, 11) is -1.52. The van der Waals surface area contributed by atoms with Crippen molar-refractivity contribution >= 4 is 14.3 Å². The molecule has 1 rings (SSSR count). The van der Waals surface area contributed by atoms with Gasteiger partial charge in [0.25, 0.3) is 0 Å². The molecular weight excluding hydrogens is 170 g/mol. The number of aromatic nitrogens is 2. The van der Waals surface area contributed by atoms with Gasteiger partial charge in [0, 0.05) is 12.4 Å². The van der Waals surface area contributed by atoms with Gasteiger partial charge in [0.05, 0.1) is 0 Å². The zero-order valence-electron chi connectivity index (χ0n) is 7.53. The monoisotopic (exact) mass is 183 g/mol. The average Bonchev–Trinajstić information content (AvgIpc) is 2.32. The van der Waals surface area contributed by atoms with Gasteiger partial charge < -0.3 is 4.98 Å². The summed E-state index contributed by atoms with van der Waals surface area (Å²) in [6, 6.07) is -0.0910. The molecule has 1 amide bonds. The van der Waals surface area contributed by atoms with Crippen molar-refractivity contribution in [2.75, 3.05) is 0 Å². The molecule has 0 fully saturated rings. The lowest BCUT2D eigenvalue weighted by atomic mass is 10.9. The number of imidazole rings is 1. The summed E-state index contributed by atoms with van der Waals surface area (Å²) in [6.45, 7) is 6.21. The Morgan fingerprint density at radius 1 is 1.50 bits per heavy atom. The molecule has 0 radical (unpaired) electrons. The Morgan fingerprint density at radius 3 is 2.58 bits per heavy atom. The van der Waals surface area contributed by atoms with E-state index in [1.807, 2.05) is 0 Å². The second kappa shape index (κ2) is 3.10. The van der Waals surface area contributed by atoms with Crippen LogP contribution in [-0.4, -0.2) is 23.8 Å². The van der Waals surface area contributed by atoms with Crippen LogP contribution in [0.4, 0.5) is 4.79 Å². The molecule has 0 aliphatic rings. The fraction of sp³-hybridized carbons (Fsp3) is 0.429. The second-order valence-corrected chi connectivity index (χ2v) is 8.40. The largest absolute Gasteiger partial charge is 0.364 e. The maximum Gasteiger partial charge on any atom is 0.318 e. The van der Waals surface area contributed by atoms with Crippen LogP contribution in [-0.2, 0) is 0 Å². The Morgan fingerprint density at radius 2 is 2.17 bits per heavy atom. The zero-order chi connectivity index (χ0) is 9.19. The van der Waals surface area contributed by atoms with E-state index in [9.17, 15) is 4.79 Å². The summed E-state index contributed by atoms with van der Waals surface area (Å²) in [5.74, 6) is 0. The van der Waals surface area contributed by atoms with Gasteiger partial charge in [-0.1, -0.05) is 19.6 Å². The molecule has 4 nitrogen and oxygen atoms in total. The quantitative estimate of drug-likeness (QED) is 0.667. The molecule has 1 N–H and O–H groups in total. The van der Waals surface area contributed by atoms with Gasteiger partial charge in [0.2, 0.25) is 0 Å². The maximum atomic E-state index is 11.4. The van der Waals surface area contributed by atoms with Crippen molar-refractivity contribution in [2.24, 2.45) is 0 Å². The third kappa shape index (κ3) is 2.50. The molecule has 0 aliphatic carbocycles. The Labute approximate surface area is 72.7 Å². The third-order valence-corrected chi connectivity index (χ3v) is 2.18. The molecule has 0 aliphatic heterocycles. The van der Waals surface area contributed by atoms with E-state index < -0.39 is 8.24 Å². The number of carbonyl (C=O) groups excluding carboxylic acids is 1. The van der Waals surface area contributed by atoms with Gasteiger partial charge in [-0.15, -0.1) is 0 Å². The van der Waals surface area contributed by atoms with Gasteiger partial charge in [-0.2, -0.15) is 0 Å². The SMILES string of the molecule is C[Si](C)(C)NC(=O)n1ccnc1. The van der Waals surface area contributed by atoms with Crippen LogP contribution in [0.25, 0.3) is 0 Å². The average molecular weight is 183 g/mol. The molecule has 5 heteroatoms. The topological polar surface area (TPSA) is 46.9 Å². The van der Waals surface area contributed by atoms with Crippen molar-refractivity contribution in [3.63, 3.8) is 0 Å². The van der Waals surface area contributed by atoms with Crippen LogP contribution in [0.5, 0.6) is 0 Å². The molecule has 0 bridgehead atoms. The smallest absolute Gasteiger partial charge is 0.318 e. The minimum Gasteiger partial charge on any atom is -0.364 e. The molecule has 0 atom stereocenters. The fourth-order valence-electron chi connectivity index (χ4n) is 0.765. The van der Waals surface area contributed by atoms with Crippen molar-refractivity contribution in [2.45, 2.75) is 19.6 Å². The highest BCUT2D eigenvalue weighted by atomic mass is 28.3. The van der Waals surface area contributed by atoms with Crippen LogP contribution in [0.15, 0.2) is 18.7 Å². The standard InChI is InChI=1S/C7H13N3OSi/c1-12(2,3)9-7(11)10-5-4-8-6-10/h4-6H,1-3H3,(H,9,11). The van der Waals surface area contributed by atoms with Crippen molar-refractivity contribution in [1.29, 1.82) is 0 Å². The summed E-state index contributed by atoms with van der Waals surface area (Å²) < 4.78 is 1.44. The van der Waals surface area contributed by atoms with Crippen molar-refractivity contribution in [3.8, 4) is 0 Å². The van der Waals surface area contributed by atoms with Crippen LogP contribution in [0.2, 0.25) is 19.6 Å². The molecule has 1 aromatic heterocycles. The van der Waals surface area contributed by atoms with Gasteiger partial charge in [-0.05, 0) is 0 Å². The van der Waals surface area contributed by atoms with Gasteiger partial charge >= 0.3 is 6.03 Å². The predicted octanol–water partition coefficient (Wildman–Crippen LogP) is 1.28. The lowest BCUT2D eigenvalue weighted by Gasteiger charge is -2.17. The number of rotatable bonds is 1. The van der Waals surface area contributed by atoms with E-state index >= 15 is 0 Å². The van der Waals surface area contributed by atoms with Gasteiger partial charge in [0.1, 0.15) is 14.6 Å². The van der Waals surface area contributed by atoms with E-state index in [2.05, 4.69) is 29.6 Å². The van der Waals surface area contributed by atoms with Crippen LogP contribution in [0.1, 0.15) is 0 Å². The highest BCUT2D eigenvalue weighted by molar-refractivity contribution is 6.75. The van der Waals surface area contributed by atoms with E-state index in [0.29, 0.717) is 0 Å². The first-order chi connectivity index (χ1) is 5.49. The minimum absolute atomic E-state index is 0.0910. The first kappa shape index (κ1) is 8.99. The van der Waals surface area contributed by atoms with Gasteiger partial charge in [0.15, 0.2) is 0 Å². The second-order valence-electron chi connectivity index (χ2n) is 3.65. The van der Waals surface area contributed by atoms with E-state index in [1.165, 1.54) is 10.9 Å². The van der Waals surface area contributed by atoms with Crippen molar-refractivity contribution in [1.82, 2.24) is 14.5 Å². The molecule has 66 valence electrons. The Kier molecular flexibility index (Phi) is 2.32. The molecule has 1 heterocycles. The van der Waals surface area contributed by atoms with E-state index in [1.54, 1.807) is 12.4 Å². The predicted molar refractivity (Wildman–Crippen MR) is 49.5 cm³/mol. The molecular formula is C7H13N3OSi. The molecule has 1 aromatic rings. The highest BCUT2D eigenvalue weighted by Gasteiger charge is 2.16. The fourth-order valence-corrected chi connectivity index (χ4v) is 1.54. The number of carbonyl (C=O) groups is 1. The molecule has 0 aromatic carbocycles. The summed E-state index contributed by atoms with van der Waals surface area (Å²) in [4.78, 5) is 18.1. The van der Waals surface area contributed by atoms with Crippen molar-refractivity contribution in [3.05, 3.63) is 18.7 Å². The van der Waals surface area contributed by atoms with E-state index in [-0.39, 0.29) is 6.03 Å². The Bertz CT molecular complexity index is 263. The van der Waals surface area contributed by atoms with Crippen LogP contribution in [0, 0.1) is 0 Å². The minimum atomic E-state index is -1.52. The Hall–Kier alpha value is -1.10. The summed E-state index contributed by atoms with van der Waals surface area (Å²) in [5.41, 5.74) is 0. The molecule has 0 spiro atoms. The number of hydrogen-bond donors (Lipinski definition) is 1. The van der Waals surface area contributed by atoms with Crippen LogP contribution >= 0.6 is 0 Å². The molecule has 0 saturated heterocycles. The van der Waals surface area contributed by atoms with Crippen LogP contribution < -0.4 is 4.98 Å². The number of nitrogens with zero attached hydrogens (tertiary/aromatic N) is 2. The first-order valence-corrected chi connectivity index (χ1v) is 7.29. The lowest BCUT2D eigenvalue weighted by Crippen LogP contribution is -2.46. The van der Waals surface area contributed by atoms with Gasteiger partial charge in [-0.25, -0.2) is 9.78 Å². The normalized spacial score (nSPS) is 11.2.